The zero-order chi connectivity index (χ0) is 15.6. The van der Waals surface area contributed by atoms with E-state index in [1.807, 2.05) is 6.07 Å². The molecule has 0 aliphatic rings. The lowest BCUT2D eigenvalue weighted by molar-refractivity contribution is 0.570. The lowest BCUT2D eigenvalue weighted by Gasteiger charge is -2.11. The molecule has 2 aromatic rings. The standard InChI is InChI=1S/C14H10BrFN2O2S/c1-9-2-3-10(8-17)6-13(9)18-21(19,20)14-5-4-11(15)7-12(14)16/h2-7,18H,1H3. The van der Waals surface area contributed by atoms with Gasteiger partial charge in [0.05, 0.1) is 17.3 Å². The summed E-state index contributed by atoms with van der Waals surface area (Å²) in [5, 5.41) is 8.85. The number of aryl methyl sites for hydroxylation is 1. The summed E-state index contributed by atoms with van der Waals surface area (Å²) in [6.07, 6.45) is 0. The van der Waals surface area contributed by atoms with Gasteiger partial charge in [-0.3, -0.25) is 4.72 Å². The lowest BCUT2D eigenvalue weighted by Crippen LogP contribution is -2.15. The SMILES string of the molecule is Cc1ccc(C#N)cc1NS(=O)(=O)c1ccc(Br)cc1F. The Morgan fingerprint density at radius 2 is 1.95 bits per heavy atom. The fraction of sp³-hybridized carbons (Fsp3) is 0.0714. The van der Waals surface area contributed by atoms with Gasteiger partial charge < -0.3 is 0 Å². The molecule has 0 aliphatic carbocycles. The first-order chi connectivity index (χ1) is 9.83. The van der Waals surface area contributed by atoms with Crippen molar-refractivity contribution in [2.45, 2.75) is 11.8 Å². The van der Waals surface area contributed by atoms with Gasteiger partial charge >= 0.3 is 0 Å². The highest BCUT2D eigenvalue weighted by Gasteiger charge is 2.20. The maximum Gasteiger partial charge on any atom is 0.264 e. The highest BCUT2D eigenvalue weighted by Crippen LogP contribution is 2.24. The fourth-order valence-corrected chi connectivity index (χ4v) is 3.21. The largest absolute Gasteiger partial charge is 0.279 e. The van der Waals surface area contributed by atoms with Crippen LogP contribution in [0.2, 0.25) is 0 Å². The van der Waals surface area contributed by atoms with Crippen molar-refractivity contribution >= 4 is 31.6 Å². The van der Waals surface area contributed by atoms with Crippen LogP contribution in [0.1, 0.15) is 11.1 Å². The van der Waals surface area contributed by atoms with Crippen molar-refractivity contribution in [3.63, 3.8) is 0 Å². The number of nitrogens with zero attached hydrogens (tertiary/aromatic N) is 1. The zero-order valence-electron chi connectivity index (χ0n) is 10.9. The van der Waals surface area contributed by atoms with Gasteiger partial charge in [-0.2, -0.15) is 5.26 Å². The van der Waals surface area contributed by atoms with E-state index in [0.717, 1.165) is 6.07 Å². The second kappa shape index (κ2) is 5.84. The summed E-state index contributed by atoms with van der Waals surface area (Å²) in [5.74, 6) is -0.856. The molecule has 0 saturated carbocycles. The van der Waals surface area contributed by atoms with E-state index in [0.29, 0.717) is 15.6 Å². The van der Waals surface area contributed by atoms with Gasteiger partial charge in [-0.25, -0.2) is 12.8 Å². The molecule has 108 valence electrons. The summed E-state index contributed by atoms with van der Waals surface area (Å²) in [6.45, 7) is 1.69. The maximum absolute atomic E-state index is 13.8. The van der Waals surface area contributed by atoms with E-state index in [4.69, 9.17) is 5.26 Å². The molecule has 7 heteroatoms. The molecule has 0 saturated heterocycles. The van der Waals surface area contributed by atoms with Crippen molar-refractivity contribution in [3.8, 4) is 6.07 Å². The van der Waals surface area contributed by atoms with Gasteiger partial charge in [0.25, 0.3) is 10.0 Å². The molecule has 0 aromatic heterocycles. The van der Waals surface area contributed by atoms with E-state index in [1.54, 1.807) is 19.1 Å². The third-order valence-corrected chi connectivity index (χ3v) is 4.69. The Bertz CT molecular complexity index is 845. The third kappa shape index (κ3) is 3.40. The molecule has 21 heavy (non-hydrogen) atoms. The summed E-state index contributed by atoms with van der Waals surface area (Å²) in [5.41, 5.74) is 1.20. The Morgan fingerprint density at radius 3 is 2.57 bits per heavy atom. The van der Waals surface area contributed by atoms with E-state index >= 15 is 0 Å². The first kappa shape index (κ1) is 15.5. The number of rotatable bonds is 3. The Balaban J connectivity index is 2.45. The van der Waals surface area contributed by atoms with Crippen LogP contribution in [0.3, 0.4) is 0 Å². The highest BCUT2D eigenvalue weighted by molar-refractivity contribution is 9.10. The minimum Gasteiger partial charge on any atom is -0.279 e. The molecule has 2 aromatic carbocycles. The van der Waals surface area contributed by atoms with Crippen molar-refractivity contribution in [2.24, 2.45) is 0 Å². The summed E-state index contributed by atoms with van der Waals surface area (Å²) >= 11 is 3.07. The molecule has 0 radical (unpaired) electrons. The van der Waals surface area contributed by atoms with Crippen LogP contribution >= 0.6 is 15.9 Å². The Morgan fingerprint density at radius 1 is 1.24 bits per heavy atom. The predicted molar refractivity (Wildman–Crippen MR) is 80.8 cm³/mol. The molecule has 4 nitrogen and oxygen atoms in total. The maximum atomic E-state index is 13.8. The quantitative estimate of drug-likeness (QED) is 0.899. The van der Waals surface area contributed by atoms with E-state index in [2.05, 4.69) is 20.7 Å². The van der Waals surface area contributed by atoms with Crippen LogP contribution in [0.25, 0.3) is 0 Å². The number of hydrogen-bond donors (Lipinski definition) is 1. The van der Waals surface area contributed by atoms with E-state index in [1.165, 1.54) is 18.2 Å². The first-order valence-corrected chi connectivity index (χ1v) is 8.10. The van der Waals surface area contributed by atoms with Crippen LogP contribution in [0, 0.1) is 24.1 Å². The molecule has 0 atom stereocenters. The van der Waals surface area contributed by atoms with Crippen molar-refractivity contribution in [3.05, 3.63) is 57.8 Å². The Kier molecular flexibility index (Phi) is 4.30. The second-order valence-corrected chi connectivity index (χ2v) is 6.89. The average Bonchev–Trinajstić information content (AvgIpc) is 2.40. The van der Waals surface area contributed by atoms with Gasteiger partial charge in [-0.15, -0.1) is 0 Å². The van der Waals surface area contributed by atoms with Crippen LogP contribution in [0.5, 0.6) is 0 Å². The van der Waals surface area contributed by atoms with Gasteiger partial charge in [0.15, 0.2) is 0 Å². The van der Waals surface area contributed by atoms with Crippen molar-refractivity contribution < 1.29 is 12.8 Å². The van der Waals surface area contributed by atoms with E-state index < -0.39 is 20.7 Å². The number of benzene rings is 2. The summed E-state index contributed by atoms with van der Waals surface area (Å²) in [6, 6.07) is 10.2. The van der Waals surface area contributed by atoms with Crippen LogP contribution < -0.4 is 4.72 Å². The summed E-state index contributed by atoms with van der Waals surface area (Å²) < 4.78 is 41.0. The third-order valence-electron chi connectivity index (χ3n) is 2.79. The molecule has 0 bridgehead atoms. The highest BCUT2D eigenvalue weighted by atomic mass is 79.9. The number of nitrogens with one attached hydrogen (secondary N) is 1. The number of sulfonamides is 1. The van der Waals surface area contributed by atoms with Crippen molar-refractivity contribution in [2.75, 3.05) is 4.72 Å². The number of halogens is 2. The minimum atomic E-state index is -4.06. The average molecular weight is 369 g/mol. The smallest absolute Gasteiger partial charge is 0.264 e. The van der Waals surface area contributed by atoms with Gasteiger partial charge in [-0.05, 0) is 42.8 Å². The minimum absolute atomic E-state index is 0.247. The van der Waals surface area contributed by atoms with Gasteiger partial charge in [-0.1, -0.05) is 22.0 Å². The molecule has 0 spiro atoms. The zero-order valence-corrected chi connectivity index (χ0v) is 13.3. The molecule has 0 fully saturated rings. The molecule has 0 heterocycles. The summed E-state index contributed by atoms with van der Waals surface area (Å²) in [7, 11) is -4.06. The van der Waals surface area contributed by atoms with Gasteiger partial charge in [0.1, 0.15) is 10.7 Å². The topological polar surface area (TPSA) is 70.0 Å². The first-order valence-electron chi connectivity index (χ1n) is 5.82. The van der Waals surface area contributed by atoms with Gasteiger partial charge in [0, 0.05) is 4.47 Å². The number of hydrogen-bond acceptors (Lipinski definition) is 3. The van der Waals surface area contributed by atoms with E-state index in [-0.39, 0.29) is 5.69 Å². The number of nitriles is 1. The Hall–Kier alpha value is -1.91. The predicted octanol–water partition coefficient (Wildman–Crippen LogP) is 3.57. The van der Waals surface area contributed by atoms with Crippen LogP contribution in [-0.2, 0) is 10.0 Å². The van der Waals surface area contributed by atoms with Gasteiger partial charge in [0.2, 0.25) is 0 Å². The second-order valence-electron chi connectivity index (χ2n) is 4.32. The lowest BCUT2D eigenvalue weighted by atomic mass is 10.1. The molecule has 0 unspecified atom stereocenters. The molecule has 2 rings (SSSR count). The molecule has 0 aliphatic heterocycles. The molecule has 0 amide bonds. The molecular formula is C14H10BrFN2O2S. The Labute approximate surface area is 130 Å². The van der Waals surface area contributed by atoms with Crippen LogP contribution in [0.15, 0.2) is 45.8 Å². The molecule has 1 N–H and O–H groups in total. The normalized spacial score (nSPS) is 11.0. The van der Waals surface area contributed by atoms with Crippen molar-refractivity contribution in [1.82, 2.24) is 0 Å². The monoisotopic (exact) mass is 368 g/mol. The van der Waals surface area contributed by atoms with Crippen LogP contribution in [0.4, 0.5) is 10.1 Å². The van der Waals surface area contributed by atoms with E-state index in [9.17, 15) is 12.8 Å². The summed E-state index contributed by atoms with van der Waals surface area (Å²) in [4.78, 5) is -0.451. The molecular weight excluding hydrogens is 359 g/mol. The number of anilines is 1. The van der Waals surface area contributed by atoms with Crippen LogP contribution in [-0.4, -0.2) is 8.42 Å². The van der Waals surface area contributed by atoms with Crippen molar-refractivity contribution in [1.29, 1.82) is 5.26 Å². The fourth-order valence-electron chi connectivity index (χ4n) is 1.69.